The molecule has 1 heterocycles. The average molecular weight is 156 g/mol. The van der Waals surface area contributed by atoms with Gasteiger partial charge in [-0.15, -0.1) is 0 Å². The molecule has 1 rings (SSSR count). The zero-order valence-electron chi connectivity index (χ0n) is 6.76. The van der Waals surface area contributed by atoms with E-state index < -0.39 is 0 Å². The van der Waals surface area contributed by atoms with Gasteiger partial charge in [-0.1, -0.05) is 0 Å². The predicted octanol–water partition coefficient (Wildman–Crippen LogP) is 0.287. The van der Waals surface area contributed by atoms with Crippen LogP contribution in [0.2, 0.25) is 0 Å². The molecule has 0 spiro atoms. The summed E-state index contributed by atoms with van der Waals surface area (Å²) in [4.78, 5) is 11.0. The highest BCUT2D eigenvalue weighted by molar-refractivity contribution is 5.90. The number of carbonyl (C=O) groups is 1. The minimum atomic E-state index is -0.255. The van der Waals surface area contributed by atoms with E-state index in [0.29, 0.717) is 13.0 Å². The predicted molar refractivity (Wildman–Crippen MR) is 41.3 cm³/mol. The standard InChI is InChI=1S/C7H12N2O2/c1-3-11-7(10)6-4-5(2)8-9-6/h6,9H,3-4H2,1-2H3. The largest absolute Gasteiger partial charge is 0.464 e. The highest BCUT2D eigenvalue weighted by Crippen LogP contribution is 2.04. The van der Waals surface area contributed by atoms with Crippen molar-refractivity contribution in [2.45, 2.75) is 26.3 Å². The molecule has 62 valence electrons. The van der Waals surface area contributed by atoms with E-state index in [2.05, 4.69) is 10.5 Å². The molecule has 1 unspecified atom stereocenters. The van der Waals surface area contributed by atoms with E-state index in [0.717, 1.165) is 5.71 Å². The van der Waals surface area contributed by atoms with E-state index in [9.17, 15) is 4.79 Å². The lowest BCUT2D eigenvalue weighted by atomic mass is 10.2. The van der Waals surface area contributed by atoms with Crippen LogP contribution in [0, 0.1) is 0 Å². The number of hydrogen-bond acceptors (Lipinski definition) is 4. The minimum Gasteiger partial charge on any atom is -0.464 e. The van der Waals surface area contributed by atoms with E-state index in [-0.39, 0.29) is 12.0 Å². The Balaban J connectivity index is 2.34. The Morgan fingerprint density at radius 1 is 1.91 bits per heavy atom. The summed E-state index contributed by atoms with van der Waals surface area (Å²) >= 11 is 0. The molecule has 1 atom stereocenters. The Morgan fingerprint density at radius 2 is 2.64 bits per heavy atom. The van der Waals surface area contributed by atoms with Crippen LogP contribution in [-0.4, -0.2) is 24.3 Å². The van der Waals surface area contributed by atoms with Crippen molar-refractivity contribution in [2.24, 2.45) is 5.10 Å². The number of nitrogens with one attached hydrogen (secondary N) is 1. The lowest BCUT2D eigenvalue weighted by Crippen LogP contribution is -2.31. The van der Waals surface area contributed by atoms with Crippen LogP contribution in [0.3, 0.4) is 0 Å². The van der Waals surface area contributed by atoms with E-state index in [1.54, 1.807) is 6.92 Å². The van der Waals surface area contributed by atoms with Gasteiger partial charge in [0.05, 0.1) is 6.61 Å². The Bertz CT molecular complexity index is 189. The summed E-state index contributed by atoms with van der Waals surface area (Å²) in [6, 6.07) is -0.255. The Hall–Kier alpha value is -1.06. The first-order valence-electron chi connectivity index (χ1n) is 3.69. The van der Waals surface area contributed by atoms with Crippen molar-refractivity contribution in [3.8, 4) is 0 Å². The summed E-state index contributed by atoms with van der Waals surface area (Å²) in [6.07, 6.45) is 0.666. The molecular weight excluding hydrogens is 144 g/mol. The molecular formula is C7H12N2O2. The second-order valence-corrected chi connectivity index (χ2v) is 2.48. The van der Waals surface area contributed by atoms with Crippen LogP contribution in [-0.2, 0) is 9.53 Å². The molecule has 0 bridgehead atoms. The van der Waals surface area contributed by atoms with Crippen molar-refractivity contribution in [1.29, 1.82) is 0 Å². The SMILES string of the molecule is CCOC(=O)C1CC(C)=NN1. The molecule has 1 N–H and O–H groups in total. The number of nitrogens with zero attached hydrogens (tertiary/aromatic N) is 1. The maximum atomic E-state index is 11.0. The molecule has 0 saturated carbocycles. The summed E-state index contributed by atoms with van der Waals surface area (Å²) in [6.45, 7) is 4.10. The van der Waals surface area contributed by atoms with Gasteiger partial charge in [0.2, 0.25) is 0 Å². The summed E-state index contributed by atoms with van der Waals surface area (Å²) in [5.41, 5.74) is 3.65. The molecule has 4 nitrogen and oxygen atoms in total. The van der Waals surface area contributed by atoms with E-state index in [1.165, 1.54) is 0 Å². The van der Waals surface area contributed by atoms with E-state index in [1.807, 2.05) is 6.92 Å². The number of carbonyl (C=O) groups excluding carboxylic acids is 1. The maximum absolute atomic E-state index is 11.0. The van der Waals surface area contributed by atoms with Gasteiger partial charge < -0.3 is 4.74 Å². The van der Waals surface area contributed by atoms with Gasteiger partial charge in [0, 0.05) is 12.1 Å². The number of hydrogen-bond donors (Lipinski definition) is 1. The topological polar surface area (TPSA) is 50.7 Å². The summed E-state index contributed by atoms with van der Waals surface area (Å²) in [5, 5.41) is 3.89. The highest BCUT2D eigenvalue weighted by Gasteiger charge is 2.23. The van der Waals surface area contributed by atoms with Crippen molar-refractivity contribution >= 4 is 11.7 Å². The second-order valence-electron chi connectivity index (χ2n) is 2.48. The van der Waals surface area contributed by atoms with Gasteiger partial charge in [0.15, 0.2) is 0 Å². The molecule has 1 aliphatic heterocycles. The van der Waals surface area contributed by atoms with Gasteiger partial charge in [-0.25, -0.2) is 4.79 Å². The maximum Gasteiger partial charge on any atom is 0.330 e. The fourth-order valence-electron chi connectivity index (χ4n) is 0.954. The van der Waals surface area contributed by atoms with Crippen molar-refractivity contribution in [1.82, 2.24) is 5.43 Å². The summed E-state index contributed by atoms with van der Waals surface area (Å²) < 4.78 is 4.80. The molecule has 0 aliphatic carbocycles. The Labute approximate surface area is 65.6 Å². The summed E-state index contributed by atoms with van der Waals surface area (Å²) in [5.74, 6) is -0.215. The fourth-order valence-corrected chi connectivity index (χ4v) is 0.954. The Morgan fingerprint density at radius 3 is 3.09 bits per heavy atom. The zero-order chi connectivity index (χ0) is 8.27. The number of hydrazone groups is 1. The zero-order valence-corrected chi connectivity index (χ0v) is 6.76. The molecule has 0 aromatic carbocycles. The molecule has 4 heteroatoms. The van der Waals surface area contributed by atoms with Crippen LogP contribution in [0.25, 0.3) is 0 Å². The van der Waals surface area contributed by atoms with Crippen LogP contribution in [0.15, 0.2) is 5.10 Å². The highest BCUT2D eigenvalue weighted by atomic mass is 16.5. The van der Waals surface area contributed by atoms with Crippen LogP contribution >= 0.6 is 0 Å². The van der Waals surface area contributed by atoms with Crippen molar-refractivity contribution in [3.63, 3.8) is 0 Å². The van der Waals surface area contributed by atoms with E-state index >= 15 is 0 Å². The van der Waals surface area contributed by atoms with Gasteiger partial charge in [0.1, 0.15) is 6.04 Å². The smallest absolute Gasteiger partial charge is 0.330 e. The third-order valence-electron chi connectivity index (χ3n) is 1.48. The van der Waals surface area contributed by atoms with Crippen LogP contribution in [0.1, 0.15) is 20.3 Å². The lowest BCUT2D eigenvalue weighted by Gasteiger charge is -2.07. The van der Waals surface area contributed by atoms with Gasteiger partial charge in [-0.3, -0.25) is 5.43 Å². The molecule has 0 radical (unpaired) electrons. The van der Waals surface area contributed by atoms with Crippen LogP contribution < -0.4 is 5.43 Å². The van der Waals surface area contributed by atoms with Crippen molar-refractivity contribution in [3.05, 3.63) is 0 Å². The first kappa shape index (κ1) is 8.04. The average Bonchev–Trinajstić information content (AvgIpc) is 2.36. The molecule has 0 saturated heterocycles. The monoisotopic (exact) mass is 156 g/mol. The first-order valence-corrected chi connectivity index (χ1v) is 3.69. The van der Waals surface area contributed by atoms with Crippen molar-refractivity contribution in [2.75, 3.05) is 6.61 Å². The lowest BCUT2D eigenvalue weighted by molar-refractivity contribution is -0.145. The number of esters is 1. The number of ether oxygens (including phenoxy) is 1. The van der Waals surface area contributed by atoms with Gasteiger partial charge in [-0.2, -0.15) is 5.10 Å². The molecule has 0 fully saturated rings. The van der Waals surface area contributed by atoms with Crippen LogP contribution in [0.4, 0.5) is 0 Å². The van der Waals surface area contributed by atoms with Gasteiger partial charge >= 0.3 is 5.97 Å². The minimum absolute atomic E-state index is 0.215. The molecule has 11 heavy (non-hydrogen) atoms. The molecule has 1 aliphatic rings. The molecule has 0 amide bonds. The third-order valence-corrected chi connectivity index (χ3v) is 1.48. The Kier molecular flexibility index (Phi) is 2.46. The summed E-state index contributed by atoms with van der Waals surface area (Å²) in [7, 11) is 0. The normalized spacial score (nSPS) is 22.4. The van der Waals surface area contributed by atoms with Gasteiger partial charge in [0.25, 0.3) is 0 Å². The quantitative estimate of drug-likeness (QED) is 0.584. The van der Waals surface area contributed by atoms with Crippen LogP contribution in [0.5, 0.6) is 0 Å². The molecule has 0 aromatic rings. The fraction of sp³-hybridized carbons (Fsp3) is 0.714. The first-order chi connectivity index (χ1) is 5.24. The number of rotatable bonds is 2. The second kappa shape index (κ2) is 3.37. The van der Waals surface area contributed by atoms with Crippen molar-refractivity contribution < 1.29 is 9.53 Å². The van der Waals surface area contributed by atoms with Gasteiger partial charge in [-0.05, 0) is 13.8 Å². The molecule has 0 aromatic heterocycles. The van der Waals surface area contributed by atoms with E-state index in [4.69, 9.17) is 4.74 Å². The third kappa shape index (κ3) is 1.93.